The Morgan fingerprint density at radius 1 is 1.43 bits per heavy atom. The first-order valence-electron chi connectivity index (χ1n) is 5.52. The molecule has 2 heterocycles. The van der Waals surface area contributed by atoms with E-state index in [2.05, 4.69) is 4.72 Å². The first-order chi connectivity index (χ1) is 9.70. The van der Waals surface area contributed by atoms with Crippen LogP contribution in [0.2, 0.25) is 4.34 Å². The summed E-state index contributed by atoms with van der Waals surface area (Å²) in [5.74, 6) is 0. The molecule has 0 aliphatic rings. The van der Waals surface area contributed by atoms with E-state index in [-0.39, 0.29) is 9.21 Å². The summed E-state index contributed by atoms with van der Waals surface area (Å²) in [6.45, 7) is 1.66. The molecule has 0 saturated heterocycles. The van der Waals surface area contributed by atoms with Crippen LogP contribution in [0.15, 0.2) is 22.4 Å². The fourth-order valence-corrected chi connectivity index (χ4v) is 5.15. The van der Waals surface area contributed by atoms with E-state index in [0.29, 0.717) is 15.7 Å². The second-order valence-electron chi connectivity index (χ2n) is 4.06. The van der Waals surface area contributed by atoms with Crippen LogP contribution in [0.4, 0.5) is 10.7 Å². The Labute approximate surface area is 133 Å². The van der Waals surface area contributed by atoms with Gasteiger partial charge >= 0.3 is 5.69 Å². The standard InChI is InChI=1S/C10H10ClN3O4S3/c1-5(7-2-3-8(11)19-7)13-21(17,18)9-4-6(14(15)16)10(12)20-9/h2-5,13H,12H2,1H3. The van der Waals surface area contributed by atoms with E-state index in [1.54, 1.807) is 19.1 Å². The zero-order chi connectivity index (χ0) is 15.8. The van der Waals surface area contributed by atoms with Gasteiger partial charge < -0.3 is 5.73 Å². The lowest BCUT2D eigenvalue weighted by Crippen LogP contribution is -2.25. The smallest absolute Gasteiger partial charge is 0.304 e. The number of halogens is 1. The van der Waals surface area contributed by atoms with Crippen LogP contribution in [0.3, 0.4) is 0 Å². The summed E-state index contributed by atoms with van der Waals surface area (Å²) < 4.78 is 27.2. The summed E-state index contributed by atoms with van der Waals surface area (Å²) in [5.41, 5.74) is 5.04. The average molecular weight is 368 g/mol. The number of nitrogens with two attached hydrogens (primary N) is 1. The molecule has 2 aromatic rings. The van der Waals surface area contributed by atoms with Crippen LogP contribution in [-0.2, 0) is 10.0 Å². The Hall–Kier alpha value is -1.20. The Kier molecular flexibility index (Phi) is 4.54. The minimum absolute atomic E-state index is 0.146. The summed E-state index contributed by atoms with van der Waals surface area (Å²) >= 11 is 7.71. The van der Waals surface area contributed by atoms with E-state index in [1.165, 1.54) is 11.3 Å². The van der Waals surface area contributed by atoms with Crippen LogP contribution in [0, 0.1) is 10.1 Å². The van der Waals surface area contributed by atoms with Gasteiger partial charge in [0.1, 0.15) is 4.21 Å². The molecule has 0 spiro atoms. The van der Waals surface area contributed by atoms with Gasteiger partial charge in [-0.1, -0.05) is 22.9 Å². The molecule has 1 unspecified atom stereocenters. The first-order valence-corrected chi connectivity index (χ1v) is 9.01. The molecule has 11 heteroatoms. The van der Waals surface area contributed by atoms with E-state index >= 15 is 0 Å². The number of hydrogen-bond acceptors (Lipinski definition) is 7. The van der Waals surface area contributed by atoms with Crippen LogP contribution < -0.4 is 10.5 Å². The number of anilines is 1. The van der Waals surface area contributed by atoms with Gasteiger partial charge in [-0.25, -0.2) is 13.1 Å². The summed E-state index contributed by atoms with van der Waals surface area (Å²) in [7, 11) is -3.89. The van der Waals surface area contributed by atoms with Crippen LogP contribution >= 0.6 is 34.3 Å². The van der Waals surface area contributed by atoms with E-state index in [1.807, 2.05) is 0 Å². The molecule has 2 rings (SSSR count). The predicted octanol–water partition coefficient (Wildman–Crippen LogP) is 2.99. The van der Waals surface area contributed by atoms with Gasteiger partial charge in [-0.3, -0.25) is 10.1 Å². The molecule has 0 fully saturated rings. The van der Waals surface area contributed by atoms with E-state index in [9.17, 15) is 18.5 Å². The topological polar surface area (TPSA) is 115 Å². The fourth-order valence-electron chi connectivity index (χ4n) is 1.56. The number of sulfonamides is 1. The third-order valence-electron chi connectivity index (χ3n) is 2.53. The molecule has 2 aromatic heterocycles. The molecule has 0 aromatic carbocycles. The van der Waals surface area contributed by atoms with Crippen molar-refractivity contribution in [2.75, 3.05) is 5.73 Å². The lowest BCUT2D eigenvalue weighted by molar-refractivity contribution is -0.383. The van der Waals surface area contributed by atoms with Crippen molar-refractivity contribution in [1.29, 1.82) is 0 Å². The van der Waals surface area contributed by atoms with Gasteiger partial charge in [0.25, 0.3) is 10.0 Å². The minimum atomic E-state index is -3.89. The molecular formula is C10H10ClN3O4S3. The average Bonchev–Trinajstić information content (AvgIpc) is 2.95. The molecular weight excluding hydrogens is 358 g/mol. The normalized spacial score (nSPS) is 13.2. The third-order valence-corrected chi connectivity index (χ3v) is 6.91. The van der Waals surface area contributed by atoms with Crippen LogP contribution in [0.1, 0.15) is 17.8 Å². The molecule has 0 aliphatic heterocycles. The highest BCUT2D eigenvalue weighted by Gasteiger charge is 2.26. The summed E-state index contributed by atoms with van der Waals surface area (Å²) in [5, 5.41) is 10.6. The Bertz CT molecular complexity index is 783. The van der Waals surface area contributed by atoms with Gasteiger partial charge in [0.05, 0.1) is 15.3 Å². The third kappa shape index (κ3) is 3.52. The lowest BCUT2D eigenvalue weighted by atomic mass is 10.3. The highest BCUT2D eigenvalue weighted by molar-refractivity contribution is 7.91. The Morgan fingerprint density at radius 2 is 2.10 bits per heavy atom. The highest BCUT2D eigenvalue weighted by Crippen LogP contribution is 2.35. The lowest BCUT2D eigenvalue weighted by Gasteiger charge is -2.11. The van der Waals surface area contributed by atoms with Crippen molar-refractivity contribution in [3.63, 3.8) is 0 Å². The fraction of sp³-hybridized carbons (Fsp3) is 0.200. The molecule has 7 nitrogen and oxygen atoms in total. The van der Waals surface area contributed by atoms with Gasteiger partial charge in [0, 0.05) is 10.9 Å². The second-order valence-corrected chi connectivity index (χ2v) is 8.83. The zero-order valence-electron chi connectivity index (χ0n) is 10.6. The van der Waals surface area contributed by atoms with Crippen LogP contribution in [0.5, 0.6) is 0 Å². The summed E-state index contributed by atoms with van der Waals surface area (Å²) in [6, 6.07) is 3.83. The number of nitrogen functional groups attached to an aromatic ring is 1. The maximum atomic E-state index is 12.2. The van der Waals surface area contributed by atoms with Crippen LogP contribution in [-0.4, -0.2) is 13.3 Å². The second kappa shape index (κ2) is 5.89. The first kappa shape index (κ1) is 16.2. The molecule has 114 valence electrons. The maximum absolute atomic E-state index is 12.2. The SMILES string of the molecule is CC(NS(=O)(=O)c1cc([N+](=O)[O-])c(N)s1)c1ccc(Cl)s1. The van der Waals surface area contributed by atoms with Crippen molar-refractivity contribution in [2.45, 2.75) is 17.2 Å². The number of thiophene rings is 2. The molecule has 0 bridgehead atoms. The van der Waals surface area contributed by atoms with E-state index < -0.39 is 26.7 Å². The van der Waals surface area contributed by atoms with Crippen molar-refractivity contribution in [3.05, 3.63) is 37.5 Å². The van der Waals surface area contributed by atoms with Crippen molar-refractivity contribution in [3.8, 4) is 0 Å². The number of nitro groups is 1. The van der Waals surface area contributed by atoms with Gasteiger partial charge in [0.2, 0.25) is 0 Å². The maximum Gasteiger partial charge on any atom is 0.304 e. The monoisotopic (exact) mass is 367 g/mol. The molecule has 3 N–H and O–H groups in total. The molecule has 0 saturated carbocycles. The van der Waals surface area contributed by atoms with Gasteiger partial charge in [-0.15, -0.1) is 11.3 Å². The van der Waals surface area contributed by atoms with Crippen molar-refractivity contribution in [1.82, 2.24) is 4.72 Å². The van der Waals surface area contributed by atoms with E-state index in [4.69, 9.17) is 17.3 Å². The number of rotatable bonds is 5. The number of hydrogen-bond donors (Lipinski definition) is 2. The highest BCUT2D eigenvalue weighted by atomic mass is 35.5. The van der Waals surface area contributed by atoms with E-state index in [0.717, 1.165) is 10.9 Å². The van der Waals surface area contributed by atoms with Crippen molar-refractivity contribution < 1.29 is 13.3 Å². The van der Waals surface area contributed by atoms with Gasteiger partial charge in [0.15, 0.2) is 5.00 Å². The summed E-state index contributed by atoms with van der Waals surface area (Å²) in [6.07, 6.45) is 0. The van der Waals surface area contributed by atoms with Gasteiger partial charge in [-0.2, -0.15) is 0 Å². The quantitative estimate of drug-likeness (QED) is 0.622. The minimum Gasteiger partial charge on any atom is -0.385 e. The molecule has 0 aliphatic carbocycles. The van der Waals surface area contributed by atoms with Crippen molar-refractivity contribution >= 4 is 55.0 Å². The molecule has 0 amide bonds. The number of nitrogens with one attached hydrogen (secondary N) is 1. The predicted molar refractivity (Wildman–Crippen MR) is 83.5 cm³/mol. The zero-order valence-corrected chi connectivity index (χ0v) is 13.8. The number of nitrogens with zero attached hydrogens (tertiary/aromatic N) is 1. The summed E-state index contributed by atoms with van der Waals surface area (Å²) in [4.78, 5) is 10.7. The molecule has 0 radical (unpaired) electrons. The molecule has 1 atom stereocenters. The Balaban J connectivity index is 2.26. The Morgan fingerprint density at radius 3 is 2.57 bits per heavy atom. The van der Waals surface area contributed by atoms with Gasteiger partial charge in [-0.05, 0) is 19.1 Å². The van der Waals surface area contributed by atoms with Crippen LogP contribution in [0.25, 0.3) is 0 Å². The molecule has 21 heavy (non-hydrogen) atoms. The largest absolute Gasteiger partial charge is 0.385 e. The van der Waals surface area contributed by atoms with Crippen molar-refractivity contribution in [2.24, 2.45) is 0 Å².